The van der Waals surface area contributed by atoms with Crippen molar-refractivity contribution in [2.24, 2.45) is 0 Å². The highest BCUT2D eigenvalue weighted by atomic mass is 32.1. The normalized spacial score (nSPS) is 10.5. The summed E-state index contributed by atoms with van der Waals surface area (Å²) < 4.78 is 0. The van der Waals surface area contributed by atoms with Crippen LogP contribution in [-0.2, 0) is 4.79 Å². The molecule has 24 heavy (non-hydrogen) atoms. The van der Waals surface area contributed by atoms with Gasteiger partial charge in [0.05, 0.1) is 12.1 Å². The van der Waals surface area contributed by atoms with Crippen LogP contribution >= 0.6 is 11.3 Å². The van der Waals surface area contributed by atoms with Gasteiger partial charge in [0.2, 0.25) is 11.0 Å². The number of pyridine rings is 1. The van der Waals surface area contributed by atoms with Crippen molar-refractivity contribution in [3.8, 4) is 0 Å². The van der Waals surface area contributed by atoms with Crippen LogP contribution in [0.2, 0.25) is 0 Å². The quantitative estimate of drug-likeness (QED) is 0.787. The summed E-state index contributed by atoms with van der Waals surface area (Å²) in [6, 6.07) is 3.48. The number of amides is 2. The number of carbonyl (C=O) groups is 2. The Bertz CT molecular complexity index is 672. The van der Waals surface area contributed by atoms with E-state index in [1.165, 1.54) is 23.0 Å². The number of aromatic nitrogens is 3. The van der Waals surface area contributed by atoms with Crippen LogP contribution in [0.4, 0.5) is 10.9 Å². The number of carbonyl (C=O) groups excluding carboxylic acids is 2. The van der Waals surface area contributed by atoms with E-state index in [1.807, 2.05) is 25.7 Å². The summed E-state index contributed by atoms with van der Waals surface area (Å²) in [6.07, 6.45) is 1.48. The summed E-state index contributed by atoms with van der Waals surface area (Å²) in [5, 5.41) is 13.3. The van der Waals surface area contributed by atoms with Crippen LogP contribution in [-0.4, -0.2) is 46.1 Å². The summed E-state index contributed by atoms with van der Waals surface area (Å²) in [6.45, 7) is 6.63. The maximum atomic E-state index is 12.1. The van der Waals surface area contributed by atoms with Crippen molar-refractivity contribution in [3.63, 3.8) is 0 Å². The zero-order chi connectivity index (χ0) is 17.5. The molecule has 0 bridgehead atoms. The highest BCUT2D eigenvalue weighted by Crippen LogP contribution is 2.14. The second-order valence-corrected chi connectivity index (χ2v) is 6.17. The maximum absolute atomic E-state index is 12.1. The molecule has 0 unspecified atom stereocenters. The summed E-state index contributed by atoms with van der Waals surface area (Å²) in [5.41, 5.74) is 1.95. The Morgan fingerprint density at radius 2 is 2.12 bits per heavy atom. The molecular weight excluding hydrogens is 328 g/mol. The van der Waals surface area contributed by atoms with Gasteiger partial charge in [-0.25, -0.2) is 4.98 Å². The van der Waals surface area contributed by atoms with E-state index in [0.29, 0.717) is 23.1 Å². The molecule has 0 fully saturated rings. The smallest absolute Gasteiger partial charge is 0.259 e. The Labute approximate surface area is 144 Å². The van der Waals surface area contributed by atoms with Gasteiger partial charge in [0.1, 0.15) is 11.3 Å². The van der Waals surface area contributed by atoms with Gasteiger partial charge in [0, 0.05) is 18.8 Å². The van der Waals surface area contributed by atoms with Crippen LogP contribution in [0.15, 0.2) is 23.8 Å². The van der Waals surface area contributed by atoms with Crippen molar-refractivity contribution < 1.29 is 9.59 Å². The molecule has 2 N–H and O–H groups in total. The Hall–Kier alpha value is -2.55. The first-order valence-corrected chi connectivity index (χ1v) is 8.45. The lowest BCUT2D eigenvalue weighted by molar-refractivity contribution is -0.120. The largest absolute Gasteiger partial charge is 0.352 e. The van der Waals surface area contributed by atoms with Crippen LogP contribution < -0.4 is 15.5 Å². The summed E-state index contributed by atoms with van der Waals surface area (Å²) in [4.78, 5) is 30.1. The first-order valence-electron chi connectivity index (χ1n) is 7.57. The van der Waals surface area contributed by atoms with Gasteiger partial charge in [-0.1, -0.05) is 11.3 Å². The molecule has 2 aromatic rings. The molecule has 0 saturated heterocycles. The fourth-order valence-corrected chi connectivity index (χ4v) is 2.44. The van der Waals surface area contributed by atoms with Crippen molar-refractivity contribution in [1.82, 2.24) is 20.5 Å². The van der Waals surface area contributed by atoms with E-state index in [1.54, 1.807) is 12.1 Å². The summed E-state index contributed by atoms with van der Waals surface area (Å²) in [7, 11) is 0. The fraction of sp³-hybridized carbons (Fsp3) is 0.400. The third kappa shape index (κ3) is 4.98. The molecule has 0 aromatic carbocycles. The topological polar surface area (TPSA) is 100 Å². The lowest BCUT2D eigenvalue weighted by Gasteiger charge is -2.22. The van der Waals surface area contributed by atoms with Crippen LogP contribution in [0, 0.1) is 0 Å². The molecule has 0 aliphatic carbocycles. The first-order chi connectivity index (χ1) is 11.5. The van der Waals surface area contributed by atoms with E-state index in [0.717, 1.165) is 0 Å². The van der Waals surface area contributed by atoms with Gasteiger partial charge < -0.3 is 10.2 Å². The van der Waals surface area contributed by atoms with Gasteiger partial charge in [0.25, 0.3) is 5.91 Å². The Morgan fingerprint density at radius 1 is 1.33 bits per heavy atom. The maximum Gasteiger partial charge on any atom is 0.259 e. The van der Waals surface area contributed by atoms with Crippen molar-refractivity contribution >= 4 is 34.1 Å². The second-order valence-electron chi connectivity index (χ2n) is 5.34. The summed E-state index contributed by atoms with van der Waals surface area (Å²) >= 11 is 1.24. The first kappa shape index (κ1) is 17.8. The third-order valence-electron chi connectivity index (χ3n) is 3.08. The number of rotatable bonds is 7. The fourth-order valence-electron chi connectivity index (χ4n) is 2.00. The van der Waals surface area contributed by atoms with Gasteiger partial charge in [-0.3, -0.25) is 14.9 Å². The number of nitrogens with one attached hydrogen (secondary N) is 2. The lowest BCUT2D eigenvalue weighted by Crippen LogP contribution is -2.40. The van der Waals surface area contributed by atoms with Gasteiger partial charge in [-0.05, 0) is 32.9 Å². The molecule has 9 heteroatoms. The Kier molecular flexibility index (Phi) is 6.19. The monoisotopic (exact) mass is 348 g/mol. The standard InChI is InChI=1S/C15H20N6O2S/c1-4-21(8-13(22)18-10(2)3)12-6-5-11(7-16-12)14(23)19-15-20-17-9-24-15/h5-7,9-10H,4,8H2,1-3H3,(H,18,22)(H,19,20,23). The molecule has 2 aromatic heterocycles. The number of hydrogen-bond donors (Lipinski definition) is 2. The van der Waals surface area contributed by atoms with Crippen LogP contribution in [0.5, 0.6) is 0 Å². The molecule has 0 aliphatic heterocycles. The van der Waals surface area contributed by atoms with Gasteiger partial charge in [0.15, 0.2) is 0 Å². The molecule has 0 aliphatic rings. The highest BCUT2D eigenvalue weighted by Gasteiger charge is 2.13. The molecular formula is C15H20N6O2S. The molecule has 8 nitrogen and oxygen atoms in total. The van der Waals surface area contributed by atoms with Crippen LogP contribution in [0.3, 0.4) is 0 Å². The van der Waals surface area contributed by atoms with Crippen molar-refractivity contribution in [2.75, 3.05) is 23.3 Å². The average molecular weight is 348 g/mol. The van der Waals surface area contributed by atoms with Crippen molar-refractivity contribution in [2.45, 2.75) is 26.8 Å². The summed E-state index contributed by atoms with van der Waals surface area (Å²) in [5.74, 6) is 0.280. The molecule has 2 rings (SSSR count). The zero-order valence-corrected chi connectivity index (χ0v) is 14.6. The van der Waals surface area contributed by atoms with Crippen LogP contribution in [0.1, 0.15) is 31.1 Å². The molecule has 0 spiro atoms. The average Bonchev–Trinajstić information content (AvgIpc) is 3.05. The highest BCUT2D eigenvalue weighted by molar-refractivity contribution is 7.13. The predicted octanol–water partition coefficient (Wildman–Crippen LogP) is 1.54. The molecule has 0 saturated carbocycles. The molecule has 128 valence electrons. The van der Waals surface area contributed by atoms with E-state index >= 15 is 0 Å². The Morgan fingerprint density at radius 3 is 2.67 bits per heavy atom. The molecule has 2 amide bonds. The van der Waals surface area contributed by atoms with E-state index < -0.39 is 0 Å². The van der Waals surface area contributed by atoms with Gasteiger partial charge in [-0.15, -0.1) is 10.2 Å². The minimum Gasteiger partial charge on any atom is -0.352 e. The van der Waals surface area contributed by atoms with E-state index in [-0.39, 0.29) is 24.4 Å². The SMILES string of the molecule is CCN(CC(=O)NC(C)C)c1ccc(C(=O)Nc2nncs2)cn1. The second kappa shape index (κ2) is 8.34. The third-order valence-corrected chi connectivity index (χ3v) is 3.69. The van der Waals surface area contributed by atoms with Crippen LogP contribution in [0.25, 0.3) is 0 Å². The molecule has 0 radical (unpaired) electrons. The van der Waals surface area contributed by atoms with Gasteiger partial charge >= 0.3 is 0 Å². The van der Waals surface area contributed by atoms with Gasteiger partial charge in [-0.2, -0.15) is 0 Å². The zero-order valence-electron chi connectivity index (χ0n) is 13.8. The minimum absolute atomic E-state index is 0.0632. The minimum atomic E-state index is -0.300. The van der Waals surface area contributed by atoms with E-state index in [9.17, 15) is 9.59 Å². The molecule has 0 atom stereocenters. The molecule has 2 heterocycles. The number of likely N-dealkylation sites (N-methyl/N-ethyl adjacent to an activating group) is 1. The van der Waals surface area contributed by atoms with Crippen molar-refractivity contribution in [3.05, 3.63) is 29.4 Å². The predicted molar refractivity (Wildman–Crippen MR) is 93.3 cm³/mol. The number of anilines is 2. The Balaban J connectivity index is 2.01. The number of nitrogens with zero attached hydrogens (tertiary/aromatic N) is 4. The number of hydrogen-bond acceptors (Lipinski definition) is 7. The van der Waals surface area contributed by atoms with E-state index in [4.69, 9.17) is 0 Å². The van der Waals surface area contributed by atoms with Crippen molar-refractivity contribution in [1.29, 1.82) is 0 Å². The lowest BCUT2D eigenvalue weighted by atomic mass is 10.2. The van der Waals surface area contributed by atoms with E-state index in [2.05, 4.69) is 25.8 Å².